The Bertz CT molecular complexity index is 265. The zero-order chi connectivity index (χ0) is 11.2. The van der Waals surface area contributed by atoms with Crippen LogP contribution < -0.4 is 5.73 Å². The van der Waals surface area contributed by atoms with Crippen LogP contribution in [0.5, 0.6) is 0 Å². The van der Waals surface area contributed by atoms with Crippen LogP contribution in [0.2, 0.25) is 0 Å². The van der Waals surface area contributed by atoms with Gasteiger partial charge in [-0.2, -0.15) is 0 Å². The van der Waals surface area contributed by atoms with Gasteiger partial charge in [-0.25, -0.2) is 0 Å². The first-order valence-electron chi connectivity index (χ1n) is 7.23. The molecule has 0 amide bonds. The predicted molar refractivity (Wildman–Crippen MR) is 67.3 cm³/mol. The highest BCUT2D eigenvalue weighted by Gasteiger charge is 2.50. The fourth-order valence-corrected chi connectivity index (χ4v) is 4.71. The van der Waals surface area contributed by atoms with Gasteiger partial charge in [0.2, 0.25) is 0 Å². The van der Waals surface area contributed by atoms with Crippen molar-refractivity contribution in [3.8, 4) is 0 Å². The van der Waals surface area contributed by atoms with Crippen LogP contribution in [0, 0.1) is 11.8 Å². The number of piperidine rings is 1. The molecule has 1 saturated heterocycles. The number of hydrogen-bond donors (Lipinski definition) is 1. The number of likely N-dealkylation sites (tertiary alicyclic amines) is 1. The van der Waals surface area contributed by atoms with E-state index in [-0.39, 0.29) is 0 Å². The lowest BCUT2D eigenvalue weighted by molar-refractivity contribution is -0.00861. The maximum absolute atomic E-state index is 6.20. The van der Waals surface area contributed by atoms with Crippen molar-refractivity contribution < 1.29 is 0 Å². The van der Waals surface area contributed by atoms with Gasteiger partial charge in [0, 0.05) is 24.7 Å². The minimum atomic E-state index is 0.373. The van der Waals surface area contributed by atoms with Crippen molar-refractivity contribution in [3.05, 3.63) is 0 Å². The number of rotatable bonds is 2. The average Bonchev–Trinajstić information content (AvgIpc) is 2.92. The summed E-state index contributed by atoms with van der Waals surface area (Å²) in [6, 6.07) is 0.883. The maximum atomic E-state index is 6.20. The van der Waals surface area contributed by atoms with Gasteiger partial charge in [0.15, 0.2) is 0 Å². The van der Waals surface area contributed by atoms with Crippen LogP contribution in [0.15, 0.2) is 0 Å². The van der Waals surface area contributed by atoms with Crippen LogP contribution in [0.1, 0.15) is 51.9 Å². The summed E-state index contributed by atoms with van der Waals surface area (Å²) in [4.78, 5) is 2.84. The summed E-state index contributed by atoms with van der Waals surface area (Å²) in [5, 5.41) is 0. The molecule has 3 rings (SSSR count). The molecule has 16 heavy (non-hydrogen) atoms. The van der Waals surface area contributed by atoms with Crippen LogP contribution in [0.3, 0.4) is 0 Å². The highest BCUT2D eigenvalue weighted by molar-refractivity contribution is 5.06. The lowest BCUT2D eigenvalue weighted by Crippen LogP contribution is -2.61. The molecule has 2 bridgehead atoms. The van der Waals surface area contributed by atoms with E-state index in [2.05, 4.69) is 11.8 Å². The standard InChI is InChI=1S/C14H26N2/c1-11-4-2-3-7-14(11,10-15)16-9-12-5-6-13(16)8-12/h11-13H,2-10,15H2,1H3. The van der Waals surface area contributed by atoms with Crippen LogP contribution in [-0.4, -0.2) is 29.6 Å². The SMILES string of the molecule is CC1CCCCC1(CN)N1CC2CCC1C2. The third-order valence-electron chi connectivity index (χ3n) is 5.75. The van der Waals surface area contributed by atoms with E-state index >= 15 is 0 Å². The van der Waals surface area contributed by atoms with E-state index in [0.29, 0.717) is 5.54 Å². The Labute approximate surface area is 99.6 Å². The zero-order valence-corrected chi connectivity index (χ0v) is 10.6. The molecule has 0 aromatic heterocycles. The largest absolute Gasteiger partial charge is 0.329 e. The minimum absolute atomic E-state index is 0.373. The van der Waals surface area contributed by atoms with E-state index in [1.165, 1.54) is 51.5 Å². The molecule has 3 fully saturated rings. The maximum Gasteiger partial charge on any atom is 0.0360 e. The molecule has 3 aliphatic rings. The summed E-state index contributed by atoms with van der Waals surface area (Å²) < 4.78 is 0. The summed E-state index contributed by atoms with van der Waals surface area (Å²) in [5.74, 6) is 1.81. The van der Waals surface area contributed by atoms with Gasteiger partial charge >= 0.3 is 0 Å². The molecule has 4 atom stereocenters. The molecule has 92 valence electrons. The normalized spacial score (nSPS) is 48.8. The third kappa shape index (κ3) is 1.46. The summed E-state index contributed by atoms with van der Waals surface area (Å²) >= 11 is 0. The van der Waals surface area contributed by atoms with Crippen molar-refractivity contribution in [1.29, 1.82) is 0 Å². The molecule has 2 nitrogen and oxygen atoms in total. The van der Waals surface area contributed by atoms with Crippen LogP contribution >= 0.6 is 0 Å². The highest BCUT2D eigenvalue weighted by Crippen LogP contribution is 2.47. The lowest BCUT2D eigenvalue weighted by atomic mass is 9.71. The van der Waals surface area contributed by atoms with Crippen molar-refractivity contribution in [2.24, 2.45) is 17.6 Å². The van der Waals surface area contributed by atoms with Gasteiger partial charge in [-0.15, -0.1) is 0 Å². The summed E-state index contributed by atoms with van der Waals surface area (Å²) in [6.45, 7) is 4.68. The van der Waals surface area contributed by atoms with Crippen LogP contribution in [0.4, 0.5) is 0 Å². The number of hydrogen-bond acceptors (Lipinski definition) is 2. The topological polar surface area (TPSA) is 29.3 Å². The number of nitrogens with two attached hydrogens (primary N) is 1. The predicted octanol–water partition coefficient (Wildman–Crippen LogP) is 2.38. The van der Waals surface area contributed by atoms with Crippen molar-refractivity contribution in [2.45, 2.75) is 63.5 Å². The fraction of sp³-hybridized carbons (Fsp3) is 1.00. The number of nitrogens with zero attached hydrogens (tertiary/aromatic N) is 1. The molecule has 0 aromatic carbocycles. The first-order chi connectivity index (χ1) is 7.76. The second-order valence-electron chi connectivity index (χ2n) is 6.44. The summed E-state index contributed by atoms with van der Waals surface area (Å²) in [6.07, 6.45) is 9.96. The van der Waals surface area contributed by atoms with Crippen molar-refractivity contribution in [3.63, 3.8) is 0 Å². The quantitative estimate of drug-likeness (QED) is 0.777. The molecule has 2 saturated carbocycles. The molecule has 1 heterocycles. The van der Waals surface area contributed by atoms with Gasteiger partial charge in [0.1, 0.15) is 0 Å². The minimum Gasteiger partial charge on any atom is -0.329 e. The highest BCUT2D eigenvalue weighted by atomic mass is 15.3. The summed E-state index contributed by atoms with van der Waals surface area (Å²) in [5.41, 5.74) is 6.57. The second-order valence-corrected chi connectivity index (χ2v) is 6.44. The Kier molecular flexibility index (Phi) is 2.75. The molecular formula is C14H26N2. The van der Waals surface area contributed by atoms with Crippen molar-refractivity contribution >= 4 is 0 Å². The zero-order valence-electron chi connectivity index (χ0n) is 10.6. The molecule has 2 heteroatoms. The van der Waals surface area contributed by atoms with E-state index in [1.54, 1.807) is 0 Å². The molecule has 2 N–H and O–H groups in total. The smallest absolute Gasteiger partial charge is 0.0360 e. The summed E-state index contributed by atoms with van der Waals surface area (Å²) in [7, 11) is 0. The second kappa shape index (κ2) is 3.99. The van der Waals surface area contributed by atoms with Gasteiger partial charge in [0.05, 0.1) is 0 Å². The first-order valence-corrected chi connectivity index (χ1v) is 7.23. The van der Waals surface area contributed by atoms with E-state index in [1.807, 2.05) is 0 Å². The van der Waals surface area contributed by atoms with E-state index in [4.69, 9.17) is 5.73 Å². The monoisotopic (exact) mass is 222 g/mol. The molecule has 4 unspecified atom stereocenters. The van der Waals surface area contributed by atoms with E-state index in [0.717, 1.165) is 24.4 Å². The van der Waals surface area contributed by atoms with Crippen LogP contribution in [0.25, 0.3) is 0 Å². The van der Waals surface area contributed by atoms with Gasteiger partial charge in [0.25, 0.3) is 0 Å². The van der Waals surface area contributed by atoms with Crippen molar-refractivity contribution in [2.75, 3.05) is 13.1 Å². The van der Waals surface area contributed by atoms with Gasteiger partial charge in [-0.05, 0) is 43.9 Å². The van der Waals surface area contributed by atoms with E-state index in [9.17, 15) is 0 Å². The molecule has 0 aromatic rings. The Morgan fingerprint density at radius 1 is 1.25 bits per heavy atom. The molecule has 1 aliphatic heterocycles. The van der Waals surface area contributed by atoms with Gasteiger partial charge < -0.3 is 5.73 Å². The Balaban J connectivity index is 1.83. The lowest BCUT2D eigenvalue weighted by Gasteiger charge is -2.52. The average molecular weight is 222 g/mol. The molecule has 0 radical (unpaired) electrons. The Hall–Kier alpha value is -0.0800. The number of fused-ring (bicyclic) bond motifs is 2. The van der Waals surface area contributed by atoms with Crippen molar-refractivity contribution in [1.82, 2.24) is 4.90 Å². The fourth-order valence-electron chi connectivity index (χ4n) is 4.71. The van der Waals surface area contributed by atoms with Gasteiger partial charge in [-0.1, -0.05) is 19.8 Å². The third-order valence-corrected chi connectivity index (χ3v) is 5.75. The van der Waals surface area contributed by atoms with Crippen LogP contribution in [-0.2, 0) is 0 Å². The molecular weight excluding hydrogens is 196 g/mol. The molecule has 2 aliphatic carbocycles. The van der Waals surface area contributed by atoms with E-state index < -0.39 is 0 Å². The molecule has 0 spiro atoms. The van der Waals surface area contributed by atoms with Gasteiger partial charge in [-0.3, -0.25) is 4.90 Å². The Morgan fingerprint density at radius 3 is 2.69 bits per heavy atom. The first kappa shape index (κ1) is 11.0. The Morgan fingerprint density at radius 2 is 2.12 bits per heavy atom.